The fourth-order valence-corrected chi connectivity index (χ4v) is 3.83. The molecule has 1 heterocycles. The van der Waals surface area contributed by atoms with E-state index in [0.29, 0.717) is 24.9 Å². The minimum absolute atomic E-state index is 0.0108. The largest absolute Gasteiger partial charge is 0.354 e. The van der Waals surface area contributed by atoms with Crippen molar-refractivity contribution in [1.82, 2.24) is 15.2 Å². The molecule has 1 aromatic heterocycles. The van der Waals surface area contributed by atoms with Crippen molar-refractivity contribution in [2.24, 2.45) is 0 Å². The highest BCUT2D eigenvalue weighted by molar-refractivity contribution is 5.76. The lowest BCUT2D eigenvalue weighted by Crippen LogP contribution is -2.50. The summed E-state index contributed by atoms with van der Waals surface area (Å²) in [5.41, 5.74) is 2.15. The maximum atomic E-state index is 12.3. The maximum Gasteiger partial charge on any atom is 0.266 e. The molecular formula is C19H28N4O2. The summed E-state index contributed by atoms with van der Waals surface area (Å²) < 4.78 is 0. The van der Waals surface area contributed by atoms with E-state index in [1.807, 2.05) is 13.0 Å². The first-order valence-corrected chi connectivity index (χ1v) is 8.87. The lowest BCUT2D eigenvalue weighted by atomic mass is 9.95. The van der Waals surface area contributed by atoms with E-state index in [1.165, 1.54) is 12.8 Å². The summed E-state index contributed by atoms with van der Waals surface area (Å²) in [5.74, 6) is 0.0108. The predicted octanol–water partition coefficient (Wildman–Crippen LogP) is 1.79. The summed E-state index contributed by atoms with van der Waals surface area (Å²) in [7, 11) is 4.15. The van der Waals surface area contributed by atoms with Gasteiger partial charge in [-0.2, -0.15) is 5.26 Å². The van der Waals surface area contributed by atoms with E-state index in [2.05, 4.69) is 29.3 Å². The molecule has 0 saturated heterocycles. The summed E-state index contributed by atoms with van der Waals surface area (Å²) >= 11 is 0. The molecule has 6 heteroatoms. The first-order chi connectivity index (χ1) is 11.8. The van der Waals surface area contributed by atoms with Gasteiger partial charge in [-0.3, -0.25) is 9.59 Å². The smallest absolute Gasteiger partial charge is 0.266 e. The second-order valence-corrected chi connectivity index (χ2v) is 7.27. The molecule has 0 spiro atoms. The quantitative estimate of drug-likeness (QED) is 0.823. The van der Waals surface area contributed by atoms with Crippen molar-refractivity contribution in [2.75, 3.05) is 20.6 Å². The molecule has 136 valence electrons. The molecule has 2 rings (SSSR count). The van der Waals surface area contributed by atoms with Gasteiger partial charge < -0.3 is 15.2 Å². The van der Waals surface area contributed by atoms with Gasteiger partial charge in [-0.15, -0.1) is 0 Å². The minimum Gasteiger partial charge on any atom is -0.354 e. The van der Waals surface area contributed by atoms with Gasteiger partial charge in [0.15, 0.2) is 0 Å². The third-order valence-corrected chi connectivity index (χ3v) is 5.62. The van der Waals surface area contributed by atoms with Crippen LogP contribution in [0.5, 0.6) is 0 Å². The van der Waals surface area contributed by atoms with Crippen LogP contribution < -0.4 is 10.9 Å². The van der Waals surface area contributed by atoms with Gasteiger partial charge in [0.1, 0.15) is 11.6 Å². The van der Waals surface area contributed by atoms with Gasteiger partial charge in [0, 0.05) is 24.2 Å². The van der Waals surface area contributed by atoms with E-state index >= 15 is 0 Å². The van der Waals surface area contributed by atoms with Gasteiger partial charge in [0.05, 0.1) is 0 Å². The van der Waals surface area contributed by atoms with Crippen molar-refractivity contribution in [1.29, 1.82) is 5.26 Å². The Morgan fingerprint density at radius 3 is 2.52 bits per heavy atom. The number of likely N-dealkylation sites (N-methyl/N-ethyl adjacent to an activating group) is 1. The standard InChI is InChI=1S/C19H28N4O2/c1-13-15(14(2)22-18(25)16(13)11-20)7-8-17(24)21-12-19(23(3)4)9-5-6-10-19/h5-10,12H2,1-4H3,(H,21,24)(H,22,25). The number of rotatable bonds is 6. The number of hydrogen-bond donors (Lipinski definition) is 2. The van der Waals surface area contributed by atoms with E-state index in [-0.39, 0.29) is 22.6 Å². The summed E-state index contributed by atoms with van der Waals surface area (Å²) in [6.07, 6.45) is 5.52. The first kappa shape index (κ1) is 19.2. The SMILES string of the molecule is Cc1[nH]c(=O)c(C#N)c(C)c1CCC(=O)NCC1(N(C)C)CCCC1. The molecule has 0 aromatic carbocycles. The van der Waals surface area contributed by atoms with E-state index in [9.17, 15) is 9.59 Å². The van der Waals surface area contributed by atoms with Crippen LogP contribution in [0, 0.1) is 25.2 Å². The lowest BCUT2D eigenvalue weighted by molar-refractivity contribution is -0.121. The number of nitrogens with one attached hydrogen (secondary N) is 2. The summed E-state index contributed by atoms with van der Waals surface area (Å²) in [6.45, 7) is 4.25. The Morgan fingerprint density at radius 2 is 1.96 bits per heavy atom. The second kappa shape index (κ2) is 7.83. The number of aromatic nitrogens is 1. The molecule has 1 amide bonds. The number of pyridine rings is 1. The highest BCUT2D eigenvalue weighted by atomic mass is 16.1. The van der Waals surface area contributed by atoms with Crippen LogP contribution in [0.1, 0.15) is 54.5 Å². The van der Waals surface area contributed by atoms with E-state index in [0.717, 1.165) is 24.1 Å². The van der Waals surface area contributed by atoms with Crippen molar-refractivity contribution < 1.29 is 4.79 Å². The third-order valence-electron chi connectivity index (χ3n) is 5.62. The van der Waals surface area contributed by atoms with Crippen LogP contribution in [0.4, 0.5) is 0 Å². The van der Waals surface area contributed by atoms with E-state index in [1.54, 1.807) is 6.92 Å². The zero-order valence-electron chi connectivity index (χ0n) is 15.7. The number of nitrogens with zero attached hydrogens (tertiary/aromatic N) is 2. The molecule has 1 aromatic rings. The van der Waals surface area contributed by atoms with Crippen LogP contribution in [0.2, 0.25) is 0 Å². The molecule has 2 N–H and O–H groups in total. The molecule has 0 unspecified atom stereocenters. The highest BCUT2D eigenvalue weighted by Gasteiger charge is 2.36. The molecule has 0 aliphatic heterocycles. The Balaban J connectivity index is 1.99. The van der Waals surface area contributed by atoms with Crippen molar-refractivity contribution >= 4 is 5.91 Å². The molecule has 1 aliphatic carbocycles. The Kier molecular flexibility index (Phi) is 6.02. The lowest BCUT2D eigenvalue weighted by Gasteiger charge is -2.36. The third kappa shape index (κ3) is 4.10. The minimum atomic E-state index is -0.361. The van der Waals surface area contributed by atoms with Crippen LogP contribution in [0.25, 0.3) is 0 Å². The van der Waals surface area contributed by atoms with Gasteiger partial charge in [-0.1, -0.05) is 12.8 Å². The Labute approximate surface area is 149 Å². The van der Waals surface area contributed by atoms with E-state index < -0.39 is 0 Å². The summed E-state index contributed by atoms with van der Waals surface area (Å²) in [4.78, 5) is 29.0. The van der Waals surface area contributed by atoms with Gasteiger partial charge >= 0.3 is 0 Å². The highest BCUT2D eigenvalue weighted by Crippen LogP contribution is 2.33. The molecule has 0 atom stereocenters. The zero-order chi connectivity index (χ0) is 18.6. The van der Waals surface area contributed by atoms with Crippen LogP contribution in [0.15, 0.2) is 4.79 Å². The number of H-pyrrole nitrogens is 1. The monoisotopic (exact) mass is 344 g/mol. The number of amides is 1. The van der Waals surface area contributed by atoms with Gasteiger partial charge in [0.2, 0.25) is 5.91 Å². The van der Waals surface area contributed by atoms with Crippen LogP contribution in [0.3, 0.4) is 0 Å². The van der Waals surface area contributed by atoms with Gasteiger partial charge in [0.25, 0.3) is 5.56 Å². The van der Waals surface area contributed by atoms with Crippen molar-refractivity contribution in [3.8, 4) is 6.07 Å². The Bertz CT molecular complexity index is 737. The second-order valence-electron chi connectivity index (χ2n) is 7.27. The fourth-order valence-electron chi connectivity index (χ4n) is 3.83. The van der Waals surface area contributed by atoms with Crippen molar-refractivity contribution in [3.05, 3.63) is 32.7 Å². The fraction of sp³-hybridized carbons (Fsp3) is 0.632. The van der Waals surface area contributed by atoms with Crippen LogP contribution in [-0.4, -0.2) is 42.0 Å². The molecule has 6 nitrogen and oxygen atoms in total. The maximum absolute atomic E-state index is 12.3. The number of hydrogen-bond acceptors (Lipinski definition) is 4. The van der Waals surface area contributed by atoms with Crippen molar-refractivity contribution in [3.63, 3.8) is 0 Å². The van der Waals surface area contributed by atoms with Gasteiger partial charge in [-0.25, -0.2) is 0 Å². The number of nitriles is 1. The topological polar surface area (TPSA) is 89.0 Å². The number of carbonyl (C=O) groups is 1. The van der Waals surface area contributed by atoms with E-state index in [4.69, 9.17) is 5.26 Å². The molecular weight excluding hydrogens is 316 g/mol. The average Bonchev–Trinajstić information content (AvgIpc) is 3.03. The number of carbonyl (C=O) groups excluding carboxylic acids is 1. The normalized spacial score (nSPS) is 16.0. The molecule has 0 bridgehead atoms. The first-order valence-electron chi connectivity index (χ1n) is 8.87. The summed E-state index contributed by atoms with van der Waals surface area (Å²) in [6, 6.07) is 1.95. The van der Waals surface area contributed by atoms with Crippen LogP contribution >= 0.6 is 0 Å². The Hall–Kier alpha value is -2.13. The molecule has 25 heavy (non-hydrogen) atoms. The molecule has 1 saturated carbocycles. The van der Waals surface area contributed by atoms with Crippen molar-refractivity contribution in [2.45, 2.75) is 57.9 Å². The number of aryl methyl sites for hydroxylation is 1. The average molecular weight is 344 g/mol. The Morgan fingerprint density at radius 1 is 1.32 bits per heavy atom. The predicted molar refractivity (Wildman–Crippen MR) is 97.5 cm³/mol. The summed E-state index contributed by atoms with van der Waals surface area (Å²) in [5, 5.41) is 12.2. The molecule has 1 aliphatic rings. The molecule has 0 radical (unpaired) electrons. The van der Waals surface area contributed by atoms with Crippen LogP contribution in [-0.2, 0) is 11.2 Å². The zero-order valence-corrected chi connectivity index (χ0v) is 15.7. The molecule has 1 fully saturated rings. The van der Waals surface area contributed by atoms with Gasteiger partial charge in [-0.05, 0) is 58.3 Å². The number of aromatic amines is 1.